The molecule has 1 atom stereocenters. The molecule has 0 spiro atoms. The molecule has 244 valence electrons. The van der Waals surface area contributed by atoms with Gasteiger partial charge in [0.2, 0.25) is 5.88 Å². The number of carbonyl (C=O) groups is 1. The molecule has 1 unspecified atom stereocenters. The Hall–Kier alpha value is -3.43. The largest absolute Gasteiger partial charge is 0.477 e. The number of hydrogen-bond donors (Lipinski definition) is 3. The molecule has 11 nitrogen and oxygen atoms in total. The number of ether oxygens (including phenoxy) is 1. The molecule has 2 fully saturated rings. The van der Waals surface area contributed by atoms with Crippen molar-refractivity contribution in [3.05, 3.63) is 53.4 Å². The van der Waals surface area contributed by atoms with Gasteiger partial charge in [-0.25, -0.2) is 27.8 Å². The van der Waals surface area contributed by atoms with Gasteiger partial charge >= 0.3 is 6.18 Å². The van der Waals surface area contributed by atoms with Crippen molar-refractivity contribution in [2.75, 3.05) is 25.0 Å². The summed E-state index contributed by atoms with van der Waals surface area (Å²) in [7, 11) is -4.26. The number of hydrogen-bond acceptors (Lipinski definition) is 9. The molecule has 1 saturated heterocycles. The number of anilines is 1. The maximum absolute atomic E-state index is 13.1. The third-order valence-corrected chi connectivity index (χ3v) is 9.81. The molecule has 0 bridgehead atoms. The Morgan fingerprint density at radius 1 is 1.20 bits per heavy atom. The number of alkyl halides is 3. The van der Waals surface area contributed by atoms with Gasteiger partial charge < -0.3 is 15.4 Å². The fraction of sp³-hybridized carbons (Fsp3) is 0.517. The van der Waals surface area contributed by atoms with E-state index in [-0.39, 0.29) is 58.7 Å². The van der Waals surface area contributed by atoms with Crippen LogP contribution in [0.3, 0.4) is 0 Å². The number of halogens is 4. The molecule has 5 rings (SSSR count). The summed E-state index contributed by atoms with van der Waals surface area (Å²) in [5.41, 5.74) is -1.69. The summed E-state index contributed by atoms with van der Waals surface area (Å²) in [6, 6.07) is 7.01. The summed E-state index contributed by atoms with van der Waals surface area (Å²) in [6.45, 7) is 5.96. The SMILES string of the molecule is CC1(C)CC(CCCNc2ccc(S(=O)(=O)NC(=O)c3ccc(-n4ccc(OCCC5(C(F)(F)F)CC5)n4)nc3Cl)cn2)CN1. The first-order chi connectivity index (χ1) is 21.2. The van der Waals surface area contributed by atoms with Crippen molar-refractivity contribution in [1.82, 2.24) is 29.8 Å². The maximum atomic E-state index is 13.1. The maximum Gasteiger partial charge on any atom is 0.394 e. The lowest BCUT2D eigenvalue weighted by Crippen LogP contribution is -2.31. The Balaban J connectivity index is 1.11. The Morgan fingerprint density at radius 2 is 1.98 bits per heavy atom. The molecular weight excluding hydrogens is 635 g/mol. The van der Waals surface area contributed by atoms with E-state index in [1.165, 1.54) is 41.2 Å². The summed E-state index contributed by atoms with van der Waals surface area (Å²) in [5.74, 6) is 0.437. The van der Waals surface area contributed by atoms with E-state index in [0.29, 0.717) is 18.3 Å². The van der Waals surface area contributed by atoms with E-state index in [4.69, 9.17) is 16.3 Å². The fourth-order valence-electron chi connectivity index (χ4n) is 5.39. The molecule has 1 aliphatic heterocycles. The lowest BCUT2D eigenvalue weighted by atomic mass is 9.94. The number of nitrogens with one attached hydrogen (secondary N) is 3. The minimum atomic E-state index is -4.26. The minimum absolute atomic E-state index is 0.0936. The quantitative estimate of drug-likeness (QED) is 0.167. The number of sulfonamides is 1. The van der Waals surface area contributed by atoms with Crippen LogP contribution in [0.4, 0.5) is 19.0 Å². The molecule has 16 heteroatoms. The molecule has 3 aromatic rings. The van der Waals surface area contributed by atoms with E-state index in [2.05, 4.69) is 39.5 Å². The number of amides is 1. The van der Waals surface area contributed by atoms with Crippen LogP contribution < -0.4 is 20.1 Å². The van der Waals surface area contributed by atoms with Gasteiger partial charge in [0.1, 0.15) is 15.9 Å². The predicted molar refractivity (Wildman–Crippen MR) is 161 cm³/mol. The third-order valence-electron chi connectivity index (χ3n) is 8.20. The van der Waals surface area contributed by atoms with Gasteiger partial charge in [-0.2, -0.15) is 13.2 Å². The van der Waals surface area contributed by atoms with Crippen LogP contribution in [0.1, 0.15) is 62.7 Å². The Labute approximate surface area is 264 Å². The Morgan fingerprint density at radius 3 is 2.60 bits per heavy atom. The summed E-state index contributed by atoms with van der Waals surface area (Å²) in [5, 5.41) is 10.6. The predicted octanol–water partition coefficient (Wildman–Crippen LogP) is 5.13. The molecule has 3 aromatic heterocycles. The number of carbonyl (C=O) groups excluding carboxylic acids is 1. The van der Waals surface area contributed by atoms with Crippen LogP contribution >= 0.6 is 11.6 Å². The summed E-state index contributed by atoms with van der Waals surface area (Å²) in [6.07, 6.45) is 1.56. The summed E-state index contributed by atoms with van der Waals surface area (Å²) in [4.78, 5) is 20.9. The van der Waals surface area contributed by atoms with Crippen LogP contribution in [-0.2, 0) is 10.0 Å². The molecule has 1 aliphatic carbocycles. The highest BCUT2D eigenvalue weighted by molar-refractivity contribution is 7.90. The van der Waals surface area contributed by atoms with E-state index in [1.54, 1.807) is 0 Å². The molecule has 0 aromatic carbocycles. The molecular formula is C29H35ClF3N7O4S. The first-order valence-electron chi connectivity index (χ1n) is 14.6. The standard InChI is InChI=1S/C29H35ClF3N7O4S/c1-27(2)16-19(17-36-27)4-3-13-34-22-7-5-20(18-35-22)45(42,43)39-26(41)21-6-8-23(37-25(21)30)40-14-9-24(38-40)44-15-12-28(10-11-28)29(31,32)33/h5-9,14,18-19,36H,3-4,10-13,15-17H2,1-2H3,(H,34,35)(H,39,41). The van der Waals surface area contributed by atoms with Gasteiger partial charge in [-0.3, -0.25) is 4.79 Å². The smallest absolute Gasteiger partial charge is 0.394 e. The second-order valence-corrected chi connectivity index (χ2v) is 14.2. The first-order valence-corrected chi connectivity index (χ1v) is 16.5. The van der Waals surface area contributed by atoms with E-state index in [0.717, 1.165) is 32.0 Å². The third kappa shape index (κ3) is 8.05. The van der Waals surface area contributed by atoms with Crippen molar-refractivity contribution in [1.29, 1.82) is 0 Å². The summed E-state index contributed by atoms with van der Waals surface area (Å²) >= 11 is 6.21. The second kappa shape index (κ2) is 12.8. The van der Waals surface area contributed by atoms with Crippen molar-refractivity contribution in [3.8, 4) is 11.7 Å². The molecule has 45 heavy (non-hydrogen) atoms. The minimum Gasteiger partial charge on any atom is -0.477 e. The van der Waals surface area contributed by atoms with E-state index in [1.807, 2.05) is 4.72 Å². The zero-order chi connectivity index (χ0) is 32.5. The average molecular weight is 670 g/mol. The van der Waals surface area contributed by atoms with E-state index >= 15 is 0 Å². The van der Waals surface area contributed by atoms with Crippen molar-refractivity contribution in [2.45, 2.75) is 69.0 Å². The van der Waals surface area contributed by atoms with Crippen LogP contribution in [0, 0.1) is 11.3 Å². The van der Waals surface area contributed by atoms with Gasteiger partial charge in [-0.15, -0.1) is 5.10 Å². The molecule has 0 radical (unpaired) electrons. The number of nitrogens with zero attached hydrogens (tertiary/aromatic N) is 4. The van der Waals surface area contributed by atoms with Crippen molar-refractivity contribution >= 4 is 33.3 Å². The second-order valence-electron chi connectivity index (χ2n) is 12.2. The highest BCUT2D eigenvalue weighted by Gasteiger charge is 2.62. The molecule has 2 aliphatic rings. The average Bonchev–Trinajstić information content (AvgIpc) is 3.49. The highest BCUT2D eigenvalue weighted by Crippen LogP contribution is 2.59. The van der Waals surface area contributed by atoms with Crippen LogP contribution in [0.25, 0.3) is 5.82 Å². The fourth-order valence-corrected chi connectivity index (χ4v) is 6.53. The normalized spacial score (nSPS) is 18.8. The highest BCUT2D eigenvalue weighted by atomic mass is 35.5. The topological polar surface area (TPSA) is 140 Å². The lowest BCUT2D eigenvalue weighted by Gasteiger charge is -2.18. The zero-order valence-electron chi connectivity index (χ0n) is 24.8. The van der Waals surface area contributed by atoms with Crippen molar-refractivity contribution in [2.24, 2.45) is 11.3 Å². The van der Waals surface area contributed by atoms with Crippen LogP contribution in [0.2, 0.25) is 5.15 Å². The lowest BCUT2D eigenvalue weighted by molar-refractivity contribution is -0.190. The van der Waals surface area contributed by atoms with Gasteiger partial charge in [-0.05, 0) is 89.1 Å². The van der Waals surface area contributed by atoms with Gasteiger partial charge in [0.05, 0.1) is 17.6 Å². The zero-order valence-corrected chi connectivity index (χ0v) is 26.4. The van der Waals surface area contributed by atoms with Crippen molar-refractivity contribution < 1.29 is 31.1 Å². The number of pyridine rings is 2. The first kappa shape index (κ1) is 32.9. The number of aromatic nitrogens is 4. The van der Waals surface area contributed by atoms with Crippen LogP contribution in [0.15, 0.2) is 47.6 Å². The molecule has 1 amide bonds. The van der Waals surface area contributed by atoms with Crippen LogP contribution in [0.5, 0.6) is 5.88 Å². The van der Waals surface area contributed by atoms with Gasteiger partial charge in [0.15, 0.2) is 5.82 Å². The summed E-state index contributed by atoms with van der Waals surface area (Å²) < 4.78 is 73.6. The molecule has 3 N–H and O–H groups in total. The Kier molecular flexibility index (Phi) is 9.34. The molecule has 1 saturated carbocycles. The van der Waals surface area contributed by atoms with Gasteiger partial charge in [-0.1, -0.05) is 11.6 Å². The van der Waals surface area contributed by atoms with Crippen LogP contribution in [-0.4, -0.2) is 65.5 Å². The van der Waals surface area contributed by atoms with E-state index in [9.17, 15) is 26.4 Å². The monoisotopic (exact) mass is 669 g/mol. The van der Waals surface area contributed by atoms with Gasteiger partial charge in [0, 0.05) is 30.5 Å². The Bertz CT molecular complexity index is 1630. The van der Waals surface area contributed by atoms with Gasteiger partial charge in [0.25, 0.3) is 15.9 Å². The number of rotatable bonds is 13. The molecule has 4 heterocycles. The van der Waals surface area contributed by atoms with E-state index < -0.39 is 27.5 Å². The van der Waals surface area contributed by atoms with Crippen molar-refractivity contribution in [3.63, 3.8) is 0 Å².